The summed E-state index contributed by atoms with van der Waals surface area (Å²) in [6.07, 6.45) is 4.62. The van der Waals surface area contributed by atoms with Crippen molar-refractivity contribution in [1.82, 2.24) is 9.97 Å². The molecule has 1 atom stereocenters. The van der Waals surface area contributed by atoms with E-state index in [2.05, 4.69) is 9.88 Å². The van der Waals surface area contributed by atoms with Crippen LogP contribution in [0.5, 0.6) is 0 Å². The lowest BCUT2D eigenvalue weighted by molar-refractivity contribution is 0.269. The number of fused-ring (bicyclic) bond motifs is 1. The van der Waals surface area contributed by atoms with Crippen molar-refractivity contribution >= 4 is 26.7 Å². The quantitative estimate of drug-likeness (QED) is 0.805. The van der Waals surface area contributed by atoms with Crippen LogP contribution in [-0.4, -0.2) is 43.0 Å². The summed E-state index contributed by atoms with van der Waals surface area (Å²) in [5.41, 5.74) is 1.70. The Bertz CT molecular complexity index is 821. The van der Waals surface area contributed by atoms with E-state index in [1.165, 1.54) is 0 Å². The van der Waals surface area contributed by atoms with Gasteiger partial charge in [0.2, 0.25) is 0 Å². The van der Waals surface area contributed by atoms with Gasteiger partial charge in [-0.25, -0.2) is 13.4 Å². The first-order valence-electron chi connectivity index (χ1n) is 7.73. The molecule has 116 valence electrons. The molecule has 2 aliphatic rings. The third-order valence-corrected chi connectivity index (χ3v) is 6.77. The van der Waals surface area contributed by atoms with Crippen LogP contribution in [0, 0.1) is 5.41 Å². The van der Waals surface area contributed by atoms with Crippen LogP contribution in [0.2, 0.25) is 0 Å². The van der Waals surface area contributed by atoms with Gasteiger partial charge in [0, 0.05) is 18.5 Å². The summed E-state index contributed by atoms with van der Waals surface area (Å²) in [5.74, 6) is 1.53. The molecule has 0 radical (unpaired) electrons. The molecule has 22 heavy (non-hydrogen) atoms. The third kappa shape index (κ3) is 2.45. The van der Waals surface area contributed by atoms with Crippen molar-refractivity contribution in [3.63, 3.8) is 0 Å². The average Bonchev–Trinajstić information content (AvgIpc) is 2.81. The number of hydrogen-bond acceptors (Lipinski definition) is 5. The Morgan fingerprint density at radius 2 is 1.95 bits per heavy atom. The summed E-state index contributed by atoms with van der Waals surface area (Å²) in [5, 5.41) is 0. The predicted octanol–water partition coefficient (Wildman–Crippen LogP) is 2.03. The Morgan fingerprint density at radius 1 is 1.14 bits per heavy atom. The van der Waals surface area contributed by atoms with Crippen LogP contribution in [0.25, 0.3) is 11.0 Å². The molecule has 1 spiro atoms. The van der Waals surface area contributed by atoms with Gasteiger partial charge in [-0.05, 0) is 31.4 Å². The van der Waals surface area contributed by atoms with E-state index in [0.717, 1.165) is 49.2 Å². The summed E-state index contributed by atoms with van der Waals surface area (Å²) in [7, 11) is -2.86. The molecule has 2 aromatic rings. The second-order valence-corrected chi connectivity index (χ2v) is 8.77. The van der Waals surface area contributed by atoms with Gasteiger partial charge in [-0.2, -0.15) is 0 Å². The highest BCUT2D eigenvalue weighted by molar-refractivity contribution is 7.91. The number of anilines is 1. The molecule has 1 aromatic heterocycles. The SMILES string of the molecule is O=S1(=O)CCC2(CCCN(c3cnc4ccccc4n3)C2)C1. The minimum atomic E-state index is -2.86. The fourth-order valence-electron chi connectivity index (χ4n) is 3.81. The molecule has 4 rings (SSSR count). The molecule has 6 heteroatoms. The number of hydrogen-bond donors (Lipinski definition) is 0. The zero-order chi connectivity index (χ0) is 15.2. The van der Waals surface area contributed by atoms with Gasteiger partial charge in [-0.15, -0.1) is 0 Å². The number of sulfone groups is 1. The predicted molar refractivity (Wildman–Crippen MR) is 86.7 cm³/mol. The largest absolute Gasteiger partial charge is 0.355 e. The number of para-hydroxylation sites is 2. The lowest BCUT2D eigenvalue weighted by Crippen LogP contribution is -2.44. The number of benzene rings is 1. The number of nitrogens with zero attached hydrogens (tertiary/aromatic N) is 3. The Balaban J connectivity index is 1.64. The Kier molecular flexibility index (Phi) is 3.11. The van der Waals surface area contributed by atoms with Gasteiger partial charge >= 0.3 is 0 Å². The standard InChI is InChI=1S/C16H19N3O2S/c20-22(21)9-7-16(12-22)6-3-8-19(11-16)15-10-17-13-4-1-2-5-14(13)18-15/h1-2,4-5,10H,3,6-9,11-12H2. The molecule has 2 fully saturated rings. The first-order valence-corrected chi connectivity index (χ1v) is 9.55. The van der Waals surface area contributed by atoms with Crippen molar-refractivity contribution in [1.29, 1.82) is 0 Å². The summed E-state index contributed by atoms with van der Waals surface area (Å²) in [4.78, 5) is 11.4. The topological polar surface area (TPSA) is 63.2 Å². The molecule has 0 saturated carbocycles. The Morgan fingerprint density at radius 3 is 2.73 bits per heavy atom. The van der Waals surface area contributed by atoms with Gasteiger partial charge in [-0.1, -0.05) is 12.1 Å². The van der Waals surface area contributed by atoms with E-state index >= 15 is 0 Å². The molecule has 0 bridgehead atoms. The van der Waals surface area contributed by atoms with Gasteiger partial charge in [0.25, 0.3) is 0 Å². The molecule has 2 saturated heterocycles. The zero-order valence-corrected chi connectivity index (χ0v) is 13.2. The van der Waals surface area contributed by atoms with Crippen molar-refractivity contribution in [2.45, 2.75) is 19.3 Å². The van der Waals surface area contributed by atoms with Crippen LogP contribution < -0.4 is 4.90 Å². The van der Waals surface area contributed by atoms with Crippen molar-refractivity contribution in [3.05, 3.63) is 30.5 Å². The first kappa shape index (κ1) is 13.9. The fraction of sp³-hybridized carbons (Fsp3) is 0.500. The second kappa shape index (κ2) is 4.91. The summed E-state index contributed by atoms with van der Waals surface area (Å²) < 4.78 is 23.8. The molecule has 1 unspecified atom stereocenters. The van der Waals surface area contributed by atoms with Crippen LogP contribution in [-0.2, 0) is 9.84 Å². The zero-order valence-electron chi connectivity index (χ0n) is 12.4. The Labute approximate surface area is 130 Å². The van der Waals surface area contributed by atoms with E-state index in [-0.39, 0.29) is 5.41 Å². The van der Waals surface area contributed by atoms with Gasteiger partial charge in [0.05, 0.1) is 28.7 Å². The fourth-order valence-corrected chi connectivity index (χ4v) is 6.01. The van der Waals surface area contributed by atoms with Crippen LogP contribution in [0.15, 0.2) is 30.5 Å². The normalized spacial score (nSPS) is 27.5. The van der Waals surface area contributed by atoms with E-state index < -0.39 is 9.84 Å². The maximum Gasteiger partial charge on any atom is 0.150 e. The van der Waals surface area contributed by atoms with Gasteiger partial charge in [0.15, 0.2) is 9.84 Å². The number of rotatable bonds is 1. The van der Waals surface area contributed by atoms with E-state index in [9.17, 15) is 8.42 Å². The minimum Gasteiger partial charge on any atom is -0.355 e. The van der Waals surface area contributed by atoms with Crippen LogP contribution >= 0.6 is 0 Å². The monoisotopic (exact) mass is 317 g/mol. The number of piperidine rings is 1. The van der Waals surface area contributed by atoms with Crippen molar-refractivity contribution in [3.8, 4) is 0 Å². The summed E-state index contributed by atoms with van der Waals surface area (Å²) in [6.45, 7) is 1.70. The summed E-state index contributed by atoms with van der Waals surface area (Å²) in [6, 6.07) is 7.83. The van der Waals surface area contributed by atoms with E-state index in [0.29, 0.717) is 11.5 Å². The highest BCUT2D eigenvalue weighted by Gasteiger charge is 2.44. The molecular weight excluding hydrogens is 298 g/mol. The second-order valence-electron chi connectivity index (χ2n) is 6.58. The molecular formula is C16H19N3O2S. The lowest BCUT2D eigenvalue weighted by atomic mass is 9.79. The third-order valence-electron chi connectivity index (χ3n) is 4.89. The van der Waals surface area contributed by atoms with Gasteiger partial charge in [0.1, 0.15) is 5.82 Å². The van der Waals surface area contributed by atoms with Crippen molar-refractivity contribution in [2.24, 2.45) is 5.41 Å². The van der Waals surface area contributed by atoms with Crippen LogP contribution in [0.1, 0.15) is 19.3 Å². The first-order chi connectivity index (χ1) is 10.6. The maximum atomic E-state index is 11.9. The smallest absolute Gasteiger partial charge is 0.150 e. The average molecular weight is 317 g/mol. The van der Waals surface area contributed by atoms with E-state index in [1.807, 2.05) is 30.5 Å². The molecule has 1 aromatic carbocycles. The molecule has 3 heterocycles. The highest BCUT2D eigenvalue weighted by atomic mass is 32.2. The van der Waals surface area contributed by atoms with Crippen LogP contribution in [0.3, 0.4) is 0 Å². The molecule has 0 amide bonds. The van der Waals surface area contributed by atoms with Gasteiger partial charge in [-0.3, -0.25) is 4.98 Å². The molecule has 5 nitrogen and oxygen atoms in total. The highest BCUT2D eigenvalue weighted by Crippen LogP contribution is 2.41. The minimum absolute atomic E-state index is 0.0790. The molecule has 0 N–H and O–H groups in total. The van der Waals surface area contributed by atoms with E-state index in [1.54, 1.807) is 0 Å². The van der Waals surface area contributed by atoms with Crippen LogP contribution in [0.4, 0.5) is 5.82 Å². The molecule has 0 aliphatic carbocycles. The number of aromatic nitrogens is 2. The maximum absolute atomic E-state index is 11.9. The lowest BCUT2D eigenvalue weighted by Gasteiger charge is -2.40. The van der Waals surface area contributed by atoms with Gasteiger partial charge < -0.3 is 4.90 Å². The summed E-state index contributed by atoms with van der Waals surface area (Å²) >= 11 is 0. The Hall–Kier alpha value is -1.69. The van der Waals surface area contributed by atoms with Crippen molar-refractivity contribution in [2.75, 3.05) is 29.5 Å². The van der Waals surface area contributed by atoms with Crippen molar-refractivity contribution < 1.29 is 8.42 Å². The molecule has 2 aliphatic heterocycles. The van der Waals surface area contributed by atoms with E-state index in [4.69, 9.17) is 4.98 Å².